The number of carbonyl (C=O) groups is 2. The third kappa shape index (κ3) is 4.53. The van der Waals surface area contributed by atoms with Gasteiger partial charge >= 0.3 is 0 Å². The topological polar surface area (TPSA) is 77.0 Å². The van der Waals surface area contributed by atoms with Gasteiger partial charge in [0.25, 0.3) is 5.91 Å². The van der Waals surface area contributed by atoms with E-state index in [1.165, 1.54) is 0 Å². The van der Waals surface area contributed by atoms with Crippen molar-refractivity contribution in [3.8, 4) is 0 Å². The Balaban J connectivity index is 1.35. The zero-order valence-electron chi connectivity index (χ0n) is 19.3. The summed E-state index contributed by atoms with van der Waals surface area (Å²) in [6, 6.07) is 13.0. The Morgan fingerprint density at radius 3 is 2.62 bits per heavy atom. The predicted molar refractivity (Wildman–Crippen MR) is 135 cm³/mol. The molecular weight excluding hydrogens is 450 g/mol. The van der Waals surface area contributed by atoms with E-state index in [1.807, 2.05) is 53.4 Å². The van der Waals surface area contributed by atoms with Gasteiger partial charge in [-0.15, -0.1) is 0 Å². The van der Waals surface area contributed by atoms with Crippen LogP contribution in [-0.2, 0) is 4.79 Å². The summed E-state index contributed by atoms with van der Waals surface area (Å²) in [6.07, 6.45) is 3.96. The Morgan fingerprint density at radius 1 is 1.15 bits per heavy atom. The second-order valence-electron chi connectivity index (χ2n) is 9.28. The Morgan fingerprint density at radius 2 is 1.88 bits per heavy atom. The number of hydrogen-bond acceptors (Lipinski definition) is 5. The van der Waals surface area contributed by atoms with Crippen LogP contribution in [0.2, 0.25) is 5.02 Å². The van der Waals surface area contributed by atoms with Crippen molar-refractivity contribution >= 4 is 40.5 Å². The first-order chi connectivity index (χ1) is 16.4. The lowest BCUT2D eigenvalue weighted by Crippen LogP contribution is -2.38. The van der Waals surface area contributed by atoms with Gasteiger partial charge in [0.1, 0.15) is 0 Å². The van der Waals surface area contributed by atoms with Gasteiger partial charge in [0.05, 0.1) is 17.8 Å². The van der Waals surface area contributed by atoms with Crippen molar-refractivity contribution < 1.29 is 9.59 Å². The van der Waals surface area contributed by atoms with E-state index in [4.69, 9.17) is 16.6 Å². The number of aliphatic imine (C=N–C) groups is 1. The van der Waals surface area contributed by atoms with Crippen LogP contribution in [0.1, 0.15) is 42.1 Å². The molecule has 3 heterocycles. The minimum atomic E-state index is -0.361. The molecule has 1 fully saturated rings. The van der Waals surface area contributed by atoms with Crippen molar-refractivity contribution in [2.45, 2.75) is 32.5 Å². The van der Waals surface area contributed by atoms with Gasteiger partial charge in [-0.05, 0) is 61.2 Å². The lowest BCUT2D eigenvalue weighted by atomic mass is 9.98. The number of likely N-dealkylation sites (tertiary alicyclic amines) is 1. The van der Waals surface area contributed by atoms with E-state index in [0.717, 1.165) is 48.5 Å². The van der Waals surface area contributed by atoms with Crippen LogP contribution in [0.4, 0.5) is 11.4 Å². The third-order valence-corrected chi connectivity index (χ3v) is 6.90. The first-order valence-corrected chi connectivity index (χ1v) is 12.0. The molecule has 0 aromatic heterocycles. The number of anilines is 2. The van der Waals surface area contributed by atoms with Crippen molar-refractivity contribution in [3.05, 3.63) is 70.4 Å². The smallest absolute Gasteiger partial charge is 0.253 e. The average molecular weight is 478 g/mol. The predicted octanol–water partition coefficient (Wildman–Crippen LogP) is 4.57. The van der Waals surface area contributed by atoms with Crippen LogP contribution in [0.5, 0.6) is 0 Å². The molecule has 0 spiro atoms. The summed E-state index contributed by atoms with van der Waals surface area (Å²) in [5, 5.41) is 6.91. The molecular formula is C26H28ClN5O2. The number of carbonyl (C=O) groups excluding carboxylic acids is 2. The Bertz CT molecular complexity index is 1180. The number of nitrogens with one attached hydrogen (secondary N) is 2. The number of benzene rings is 2. The summed E-state index contributed by atoms with van der Waals surface area (Å²) < 4.78 is 0. The van der Waals surface area contributed by atoms with Crippen molar-refractivity contribution in [2.75, 3.05) is 30.8 Å². The lowest BCUT2D eigenvalue weighted by Gasteiger charge is -2.31. The zero-order valence-corrected chi connectivity index (χ0v) is 20.1. The van der Waals surface area contributed by atoms with E-state index < -0.39 is 0 Å². The molecule has 0 saturated carbocycles. The van der Waals surface area contributed by atoms with Gasteiger partial charge in [-0.25, -0.2) is 4.99 Å². The maximum atomic E-state index is 12.8. The molecule has 1 atom stereocenters. The van der Waals surface area contributed by atoms with Gasteiger partial charge in [0.2, 0.25) is 5.91 Å². The van der Waals surface area contributed by atoms with E-state index >= 15 is 0 Å². The number of piperidine rings is 1. The molecule has 34 heavy (non-hydrogen) atoms. The summed E-state index contributed by atoms with van der Waals surface area (Å²) in [7, 11) is 1.92. The van der Waals surface area contributed by atoms with Gasteiger partial charge in [0, 0.05) is 53.7 Å². The molecule has 8 heteroatoms. The monoisotopic (exact) mass is 477 g/mol. The van der Waals surface area contributed by atoms with E-state index in [2.05, 4.69) is 17.6 Å². The molecule has 0 bridgehead atoms. The molecule has 2 N–H and O–H groups in total. The molecule has 2 amide bonds. The van der Waals surface area contributed by atoms with Crippen LogP contribution in [0.3, 0.4) is 0 Å². The Kier molecular flexibility index (Phi) is 6.04. The highest BCUT2D eigenvalue weighted by Crippen LogP contribution is 2.31. The van der Waals surface area contributed by atoms with E-state index in [0.29, 0.717) is 22.2 Å². The highest BCUT2D eigenvalue weighted by Gasteiger charge is 2.28. The van der Waals surface area contributed by atoms with Gasteiger partial charge in [-0.1, -0.05) is 18.5 Å². The molecule has 0 radical (unpaired) electrons. The number of fused-ring (bicyclic) bond motifs is 3. The van der Waals surface area contributed by atoms with E-state index in [-0.39, 0.29) is 24.5 Å². The normalized spacial score (nSPS) is 20.4. The third-order valence-electron chi connectivity index (χ3n) is 6.66. The fourth-order valence-electron chi connectivity index (χ4n) is 4.63. The summed E-state index contributed by atoms with van der Waals surface area (Å²) in [5.41, 5.74) is 4.70. The molecule has 3 aliphatic rings. The van der Waals surface area contributed by atoms with Crippen molar-refractivity contribution in [2.24, 2.45) is 10.9 Å². The standard InChI is InChI=1S/C26H28ClN5O2/c1-16-9-11-32(12-10-16)25(34)17-3-6-20(7-4-17)28-26-30-24-18(15-31(26)2)13-23(33)29-22-14-19(27)5-8-21(22)24/h3-8,14-16,26,28H,9-13H2,1-2H3,(H,29,33). The van der Waals surface area contributed by atoms with E-state index in [9.17, 15) is 9.59 Å². The lowest BCUT2D eigenvalue weighted by molar-refractivity contribution is -0.115. The minimum Gasteiger partial charge on any atom is -0.347 e. The molecule has 0 aliphatic carbocycles. The molecule has 1 saturated heterocycles. The van der Waals surface area contributed by atoms with Gasteiger partial charge < -0.3 is 20.4 Å². The SMILES string of the molecule is CC1CCN(C(=O)c2ccc(NC3N=C4C(=CN3C)CC(=O)Nc3cc(Cl)ccc34)cc2)CC1. The van der Waals surface area contributed by atoms with Crippen molar-refractivity contribution in [1.82, 2.24) is 9.80 Å². The van der Waals surface area contributed by atoms with Crippen LogP contribution < -0.4 is 10.6 Å². The molecule has 1 unspecified atom stereocenters. The number of nitrogens with zero attached hydrogens (tertiary/aromatic N) is 3. The Hall–Kier alpha value is -3.32. The van der Waals surface area contributed by atoms with Crippen molar-refractivity contribution in [1.29, 1.82) is 0 Å². The number of hydrogen-bond donors (Lipinski definition) is 2. The maximum Gasteiger partial charge on any atom is 0.253 e. The highest BCUT2D eigenvalue weighted by atomic mass is 35.5. The fourth-order valence-corrected chi connectivity index (χ4v) is 4.80. The molecule has 176 valence electrons. The number of amides is 2. The van der Waals surface area contributed by atoms with Gasteiger partial charge in [0.15, 0.2) is 6.29 Å². The van der Waals surface area contributed by atoms with Crippen LogP contribution in [-0.4, -0.2) is 53.8 Å². The molecule has 2 aromatic carbocycles. The van der Waals surface area contributed by atoms with Crippen LogP contribution in [0, 0.1) is 5.92 Å². The first-order valence-electron chi connectivity index (χ1n) is 11.6. The number of rotatable bonds is 3. The largest absolute Gasteiger partial charge is 0.347 e. The molecule has 7 nitrogen and oxygen atoms in total. The summed E-state index contributed by atoms with van der Waals surface area (Å²) in [4.78, 5) is 34.1. The zero-order chi connectivity index (χ0) is 23.8. The quantitative estimate of drug-likeness (QED) is 0.679. The molecule has 2 aromatic rings. The van der Waals surface area contributed by atoms with Gasteiger partial charge in [-0.3, -0.25) is 9.59 Å². The van der Waals surface area contributed by atoms with Crippen LogP contribution >= 0.6 is 11.6 Å². The van der Waals surface area contributed by atoms with E-state index in [1.54, 1.807) is 12.1 Å². The summed E-state index contributed by atoms with van der Waals surface area (Å²) in [5.74, 6) is 0.681. The molecule has 3 aliphatic heterocycles. The first kappa shape index (κ1) is 22.5. The van der Waals surface area contributed by atoms with Crippen LogP contribution in [0.25, 0.3) is 0 Å². The fraction of sp³-hybridized carbons (Fsp3) is 0.346. The van der Waals surface area contributed by atoms with Crippen molar-refractivity contribution in [3.63, 3.8) is 0 Å². The summed E-state index contributed by atoms with van der Waals surface area (Å²) in [6.45, 7) is 3.88. The summed E-state index contributed by atoms with van der Waals surface area (Å²) >= 11 is 6.15. The second-order valence-corrected chi connectivity index (χ2v) is 9.72. The number of halogens is 1. The maximum absolute atomic E-state index is 12.8. The average Bonchev–Trinajstić information content (AvgIpc) is 2.94. The second kappa shape index (κ2) is 9.14. The Labute approximate surface area is 204 Å². The minimum absolute atomic E-state index is 0.0898. The van der Waals surface area contributed by atoms with Gasteiger partial charge in [-0.2, -0.15) is 0 Å². The molecule has 5 rings (SSSR count). The van der Waals surface area contributed by atoms with Crippen LogP contribution in [0.15, 0.2) is 59.2 Å². The highest BCUT2D eigenvalue weighted by molar-refractivity contribution is 6.31.